The summed E-state index contributed by atoms with van der Waals surface area (Å²) in [7, 11) is 0. The van der Waals surface area contributed by atoms with Crippen LogP contribution < -0.4 is 0 Å². The molecule has 2 nitrogen and oxygen atoms in total. The highest BCUT2D eigenvalue weighted by Crippen LogP contribution is 2.22. The van der Waals surface area contributed by atoms with E-state index in [4.69, 9.17) is 4.74 Å². The van der Waals surface area contributed by atoms with Crippen molar-refractivity contribution in [3.63, 3.8) is 0 Å². The lowest BCUT2D eigenvalue weighted by molar-refractivity contribution is -0.00444. The predicted molar refractivity (Wildman–Crippen MR) is 99.3 cm³/mol. The maximum Gasteiger partial charge on any atom is 0.338 e. The van der Waals surface area contributed by atoms with Crippen LogP contribution in [0.4, 0.5) is 0 Å². The Kier molecular flexibility index (Phi) is 6.60. The molecule has 2 rings (SSSR count). The molecule has 0 unspecified atom stereocenters. The second-order valence-corrected chi connectivity index (χ2v) is 6.90. The molecule has 0 bridgehead atoms. The molecule has 24 heavy (non-hydrogen) atoms. The van der Waals surface area contributed by atoms with Crippen LogP contribution in [0.25, 0.3) is 0 Å². The van der Waals surface area contributed by atoms with Gasteiger partial charge in [0.15, 0.2) is 0 Å². The lowest BCUT2D eigenvalue weighted by Crippen LogP contribution is -2.29. The van der Waals surface area contributed by atoms with E-state index < -0.39 is 5.60 Å². The van der Waals surface area contributed by atoms with Gasteiger partial charge < -0.3 is 4.74 Å². The molecule has 0 amide bonds. The van der Waals surface area contributed by atoms with Crippen molar-refractivity contribution in [3.05, 3.63) is 71.3 Å². The highest BCUT2D eigenvalue weighted by Gasteiger charge is 2.24. The molecule has 0 radical (unpaired) electrons. The van der Waals surface area contributed by atoms with E-state index in [0.717, 1.165) is 37.7 Å². The van der Waals surface area contributed by atoms with Gasteiger partial charge in [0.05, 0.1) is 5.56 Å². The fraction of sp³-hybridized carbons (Fsp3) is 0.409. The summed E-state index contributed by atoms with van der Waals surface area (Å²) in [6.45, 7) is 6.14. The Morgan fingerprint density at radius 1 is 0.958 bits per heavy atom. The first-order chi connectivity index (χ1) is 11.5. The van der Waals surface area contributed by atoms with Crippen molar-refractivity contribution in [2.24, 2.45) is 0 Å². The van der Waals surface area contributed by atoms with E-state index in [-0.39, 0.29) is 5.97 Å². The molecule has 0 aromatic heterocycles. The Morgan fingerprint density at radius 2 is 1.62 bits per heavy atom. The van der Waals surface area contributed by atoms with Crippen LogP contribution in [0.2, 0.25) is 0 Å². The monoisotopic (exact) mass is 324 g/mol. The van der Waals surface area contributed by atoms with E-state index in [1.807, 2.05) is 56.3 Å². The van der Waals surface area contributed by atoms with E-state index >= 15 is 0 Å². The zero-order valence-electron chi connectivity index (χ0n) is 15.0. The van der Waals surface area contributed by atoms with Gasteiger partial charge >= 0.3 is 5.97 Å². The van der Waals surface area contributed by atoms with E-state index in [1.165, 1.54) is 5.56 Å². The maximum absolute atomic E-state index is 12.6. The van der Waals surface area contributed by atoms with E-state index in [9.17, 15) is 4.79 Å². The molecule has 0 aliphatic rings. The minimum absolute atomic E-state index is 0.209. The molecule has 0 atom stereocenters. The van der Waals surface area contributed by atoms with Gasteiger partial charge in [-0.3, -0.25) is 0 Å². The summed E-state index contributed by atoms with van der Waals surface area (Å²) in [5.74, 6) is -0.209. The van der Waals surface area contributed by atoms with Crippen LogP contribution in [0, 0.1) is 0 Å². The molecule has 2 aromatic rings. The van der Waals surface area contributed by atoms with E-state index in [0.29, 0.717) is 5.56 Å². The van der Waals surface area contributed by atoms with Gasteiger partial charge in [0.2, 0.25) is 0 Å². The van der Waals surface area contributed by atoms with E-state index in [1.54, 1.807) is 0 Å². The number of carbonyl (C=O) groups is 1. The Bertz CT molecular complexity index is 644. The summed E-state index contributed by atoms with van der Waals surface area (Å²) in [5.41, 5.74) is 2.58. The SMILES string of the molecule is CCCCc1ccccc1C(=O)OC(C)(C)CCc1ccccc1. The minimum Gasteiger partial charge on any atom is -0.456 e. The average Bonchev–Trinajstić information content (AvgIpc) is 2.59. The second-order valence-electron chi connectivity index (χ2n) is 6.90. The molecule has 0 saturated carbocycles. The topological polar surface area (TPSA) is 26.3 Å². The Morgan fingerprint density at radius 3 is 2.33 bits per heavy atom. The number of ether oxygens (including phenoxy) is 1. The molecule has 0 heterocycles. The number of benzene rings is 2. The van der Waals surface area contributed by atoms with Crippen LogP contribution in [0.15, 0.2) is 54.6 Å². The minimum atomic E-state index is -0.481. The van der Waals surface area contributed by atoms with Gasteiger partial charge in [-0.05, 0) is 56.7 Å². The van der Waals surface area contributed by atoms with Crippen LogP contribution in [0.5, 0.6) is 0 Å². The van der Waals surface area contributed by atoms with Gasteiger partial charge in [-0.2, -0.15) is 0 Å². The van der Waals surface area contributed by atoms with Crippen molar-refractivity contribution < 1.29 is 9.53 Å². The highest BCUT2D eigenvalue weighted by molar-refractivity contribution is 5.91. The van der Waals surface area contributed by atoms with Gasteiger partial charge in [0.25, 0.3) is 0 Å². The normalized spacial score (nSPS) is 11.3. The molecule has 2 aromatic carbocycles. The predicted octanol–water partition coefficient (Wildman–Crippen LogP) is 5.60. The number of esters is 1. The molecule has 128 valence electrons. The van der Waals surface area contributed by atoms with Gasteiger partial charge in [-0.1, -0.05) is 61.9 Å². The lowest BCUT2D eigenvalue weighted by atomic mass is 9.98. The van der Waals surface area contributed by atoms with Crippen molar-refractivity contribution in [2.75, 3.05) is 0 Å². The number of unbranched alkanes of at least 4 members (excludes halogenated alkanes) is 1. The Balaban J connectivity index is 2.00. The van der Waals surface area contributed by atoms with Crippen LogP contribution in [-0.2, 0) is 17.6 Å². The molecular formula is C22H28O2. The third-order valence-electron chi connectivity index (χ3n) is 4.26. The summed E-state index contributed by atoms with van der Waals surface area (Å²) in [6.07, 6.45) is 4.83. The van der Waals surface area contributed by atoms with Crippen molar-refractivity contribution >= 4 is 5.97 Å². The number of aryl methyl sites for hydroxylation is 2. The van der Waals surface area contributed by atoms with Gasteiger partial charge in [0, 0.05) is 0 Å². The molecule has 0 N–H and O–H groups in total. The first kappa shape index (κ1) is 18.3. The quantitative estimate of drug-likeness (QED) is 0.591. The van der Waals surface area contributed by atoms with Crippen molar-refractivity contribution in [2.45, 2.75) is 58.5 Å². The summed E-state index contributed by atoms with van der Waals surface area (Å²) in [4.78, 5) is 12.6. The summed E-state index contributed by atoms with van der Waals surface area (Å²) >= 11 is 0. The fourth-order valence-corrected chi connectivity index (χ4v) is 2.75. The molecule has 2 heteroatoms. The first-order valence-corrected chi connectivity index (χ1v) is 8.87. The van der Waals surface area contributed by atoms with Crippen LogP contribution in [-0.4, -0.2) is 11.6 Å². The number of rotatable bonds is 8. The molecule has 0 aliphatic carbocycles. The summed E-state index contributed by atoms with van der Waals surface area (Å²) in [6, 6.07) is 18.1. The van der Waals surface area contributed by atoms with Gasteiger partial charge in [-0.25, -0.2) is 4.79 Å². The maximum atomic E-state index is 12.6. The smallest absolute Gasteiger partial charge is 0.338 e. The largest absolute Gasteiger partial charge is 0.456 e. The van der Waals surface area contributed by atoms with Crippen molar-refractivity contribution in [1.29, 1.82) is 0 Å². The molecule has 0 aliphatic heterocycles. The molecular weight excluding hydrogens is 296 g/mol. The summed E-state index contributed by atoms with van der Waals surface area (Å²) < 4.78 is 5.83. The molecule has 0 saturated heterocycles. The average molecular weight is 324 g/mol. The third-order valence-corrected chi connectivity index (χ3v) is 4.26. The van der Waals surface area contributed by atoms with Crippen molar-refractivity contribution in [1.82, 2.24) is 0 Å². The number of hydrogen-bond acceptors (Lipinski definition) is 2. The molecule has 0 spiro atoms. The van der Waals surface area contributed by atoms with Gasteiger partial charge in [-0.15, -0.1) is 0 Å². The van der Waals surface area contributed by atoms with E-state index in [2.05, 4.69) is 19.1 Å². The van der Waals surface area contributed by atoms with Crippen molar-refractivity contribution in [3.8, 4) is 0 Å². The second kappa shape index (κ2) is 8.68. The van der Waals surface area contributed by atoms with Crippen LogP contribution in [0.1, 0.15) is 61.5 Å². The number of hydrogen-bond donors (Lipinski definition) is 0. The van der Waals surface area contributed by atoms with Gasteiger partial charge in [0.1, 0.15) is 5.60 Å². The highest BCUT2D eigenvalue weighted by atomic mass is 16.6. The number of carbonyl (C=O) groups excluding carboxylic acids is 1. The summed E-state index contributed by atoms with van der Waals surface area (Å²) in [5, 5.41) is 0. The zero-order chi connectivity index (χ0) is 17.4. The third kappa shape index (κ3) is 5.52. The molecule has 0 fully saturated rings. The van der Waals surface area contributed by atoms with Crippen LogP contribution in [0.3, 0.4) is 0 Å². The Labute approximate surface area is 145 Å². The Hall–Kier alpha value is -2.09. The lowest BCUT2D eigenvalue weighted by Gasteiger charge is -2.26. The standard InChI is InChI=1S/C22H28O2/c1-4-5-13-19-14-9-10-15-20(19)21(23)24-22(2,3)17-16-18-11-7-6-8-12-18/h6-12,14-15H,4-5,13,16-17H2,1-3H3. The fourth-order valence-electron chi connectivity index (χ4n) is 2.75. The zero-order valence-corrected chi connectivity index (χ0v) is 15.0. The van der Waals surface area contributed by atoms with Crippen LogP contribution >= 0.6 is 0 Å². The first-order valence-electron chi connectivity index (χ1n) is 8.87.